The molecule has 1 aromatic rings. The minimum Gasteiger partial charge on any atom is -0.482 e. The molecule has 0 bridgehead atoms. The van der Waals surface area contributed by atoms with Crippen molar-refractivity contribution in [1.29, 1.82) is 0 Å². The van der Waals surface area contributed by atoms with Crippen molar-refractivity contribution < 1.29 is 17.9 Å². The highest BCUT2D eigenvalue weighted by molar-refractivity contribution is 7.89. The normalized spacial score (nSPS) is 11.2. The largest absolute Gasteiger partial charge is 0.482 e. The Balaban J connectivity index is 2.73. The minimum atomic E-state index is -3.97. The third kappa shape index (κ3) is 5.70. The molecule has 0 aliphatic heterocycles. The van der Waals surface area contributed by atoms with Gasteiger partial charge in [0, 0.05) is 12.6 Å². The fourth-order valence-corrected chi connectivity index (χ4v) is 2.81. The molecule has 0 saturated heterocycles. The number of sulfonamides is 1. The van der Waals surface area contributed by atoms with E-state index < -0.39 is 10.0 Å². The summed E-state index contributed by atoms with van der Waals surface area (Å²) in [4.78, 5) is 11.2. The molecule has 0 aliphatic carbocycles. The maximum atomic E-state index is 11.5. The Morgan fingerprint density at radius 1 is 1.33 bits per heavy atom. The first-order valence-corrected chi connectivity index (χ1v) is 8.47. The number of carbonyl (C=O) groups is 1. The van der Waals surface area contributed by atoms with E-state index in [-0.39, 0.29) is 33.2 Å². The van der Waals surface area contributed by atoms with Crippen LogP contribution in [0.4, 0.5) is 0 Å². The van der Waals surface area contributed by atoms with Crippen LogP contribution in [0.2, 0.25) is 10.0 Å². The first-order chi connectivity index (χ1) is 9.75. The number of ether oxygens (including phenoxy) is 1. The van der Waals surface area contributed by atoms with Crippen molar-refractivity contribution in [3.05, 3.63) is 22.2 Å². The van der Waals surface area contributed by atoms with Crippen LogP contribution in [0.15, 0.2) is 17.0 Å². The number of unbranched alkanes of at least 4 members (excludes halogenated alkanes) is 1. The van der Waals surface area contributed by atoms with E-state index in [1.165, 1.54) is 6.07 Å². The molecule has 6 nitrogen and oxygen atoms in total. The molecule has 1 rings (SSSR count). The molecule has 0 unspecified atom stereocenters. The fourth-order valence-electron chi connectivity index (χ4n) is 1.44. The van der Waals surface area contributed by atoms with Gasteiger partial charge >= 0.3 is 0 Å². The lowest BCUT2D eigenvalue weighted by Gasteiger charge is -2.10. The van der Waals surface area contributed by atoms with E-state index >= 15 is 0 Å². The van der Waals surface area contributed by atoms with Gasteiger partial charge in [0.1, 0.15) is 10.6 Å². The summed E-state index contributed by atoms with van der Waals surface area (Å²) in [5.74, 6) is -0.189. The highest BCUT2D eigenvalue weighted by atomic mass is 35.5. The number of nitrogens with two attached hydrogens (primary N) is 1. The zero-order valence-corrected chi connectivity index (χ0v) is 13.7. The lowest BCUT2D eigenvalue weighted by molar-refractivity contribution is -0.123. The van der Waals surface area contributed by atoms with Gasteiger partial charge in [-0.25, -0.2) is 13.6 Å². The summed E-state index contributed by atoms with van der Waals surface area (Å²) in [5, 5.41) is 7.54. The van der Waals surface area contributed by atoms with E-state index in [4.69, 9.17) is 33.1 Å². The molecule has 0 radical (unpaired) electrons. The molecule has 9 heteroatoms. The lowest BCUT2D eigenvalue weighted by atomic mass is 10.3. The molecule has 21 heavy (non-hydrogen) atoms. The molecule has 0 fully saturated rings. The van der Waals surface area contributed by atoms with Crippen molar-refractivity contribution in [1.82, 2.24) is 5.32 Å². The van der Waals surface area contributed by atoms with Crippen LogP contribution >= 0.6 is 23.2 Å². The van der Waals surface area contributed by atoms with Gasteiger partial charge in [-0.2, -0.15) is 0 Å². The Labute approximate surface area is 133 Å². The van der Waals surface area contributed by atoms with Gasteiger partial charge in [-0.05, 0) is 12.5 Å². The van der Waals surface area contributed by atoms with E-state index in [2.05, 4.69) is 5.32 Å². The van der Waals surface area contributed by atoms with Crippen LogP contribution < -0.4 is 15.2 Å². The molecule has 0 heterocycles. The predicted octanol–water partition coefficient (Wildman–Crippen LogP) is 1.94. The zero-order chi connectivity index (χ0) is 16.0. The first kappa shape index (κ1) is 18.0. The average Bonchev–Trinajstić information content (AvgIpc) is 2.38. The quantitative estimate of drug-likeness (QED) is 0.730. The van der Waals surface area contributed by atoms with Crippen molar-refractivity contribution in [3.8, 4) is 5.75 Å². The van der Waals surface area contributed by atoms with Gasteiger partial charge in [0.25, 0.3) is 5.91 Å². The lowest BCUT2D eigenvalue weighted by Crippen LogP contribution is -2.29. The van der Waals surface area contributed by atoms with Crippen LogP contribution in [-0.4, -0.2) is 27.5 Å². The van der Waals surface area contributed by atoms with Gasteiger partial charge in [-0.1, -0.05) is 36.5 Å². The number of halogens is 2. The number of nitrogens with one attached hydrogen (secondary N) is 1. The Morgan fingerprint density at radius 3 is 2.57 bits per heavy atom. The molecule has 0 atom stereocenters. The molecular weight excluding hydrogens is 339 g/mol. The van der Waals surface area contributed by atoms with Crippen LogP contribution in [0.5, 0.6) is 5.75 Å². The summed E-state index contributed by atoms with van der Waals surface area (Å²) < 4.78 is 27.7. The molecule has 0 aliphatic rings. The fraction of sp³-hybridized carbons (Fsp3) is 0.417. The summed E-state index contributed by atoms with van der Waals surface area (Å²) in [6.45, 7) is 2.34. The average molecular weight is 355 g/mol. The number of carbonyl (C=O) groups excluding carboxylic acids is 1. The summed E-state index contributed by atoms with van der Waals surface area (Å²) >= 11 is 11.7. The molecule has 1 amide bonds. The molecule has 118 valence electrons. The van der Waals surface area contributed by atoms with E-state index in [0.717, 1.165) is 18.9 Å². The molecule has 0 saturated carbocycles. The van der Waals surface area contributed by atoms with E-state index in [1.54, 1.807) is 0 Å². The van der Waals surface area contributed by atoms with Crippen LogP contribution in [0.3, 0.4) is 0 Å². The van der Waals surface area contributed by atoms with E-state index in [9.17, 15) is 13.2 Å². The van der Waals surface area contributed by atoms with Crippen LogP contribution in [0.25, 0.3) is 0 Å². The second-order valence-electron chi connectivity index (χ2n) is 4.25. The van der Waals surface area contributed by atoms with Gasteiger partial charge in [-0.15, -0.1) is 0 Å². The zero-order valence-electron chi connectivity index (χ0n) is 11.4. The summed E-state index contributed by atoms with van der Waals surface area (Å²) in [6.07, 6.45) is 1.85. The van der Waals surface area contributed by atoms with Gasteiger partial charge in [0.15, 0.2) is 6.61 Å². The maximum Gasteiger partial charge on any atom is 0.257 e. The number of hydrogen-bond acceptors (Lipinski definition) is 4. The highest BCUT2D eigenvalue weighted by Crippen LogP contribution is 2.32. The van der Waals surface area contributed by atoms with Crippen molar-refractivity contribution >= 4 is 39.1 Å². The first-order valence-electron chi connectivity index (χ1n) is 6.17. The SMILES string of the molecule is CCCCNC(=O)COc1cc(Cl)c(S(N)(=O)=O)cc1Cl. The molecular formula is C12H16Cl2N2O4S. The Morgan fingerprint density at radius 2 is 2.00 bits per heavy atom. The van der Waals surface area contributed by atoms with E-state index in [1.807, 2.05) is 6.92 Å². The molecule has 0 aromatic heterocycles. The van der Waals surface area contributed by atoms with Crippen LogP contribution in [0.1, 0.15) is 19.8 Å². The second kappa shape index (κ2) is 7.84. The molecule has 3 N–H and O–H groups in total. The predicted molar refractivity (Wildman–Crippen MR) is 81.2 cm³/mol. The number of hydrogen-bond donors (Lipinski definition) is 2. The smallest absolute Gasteiger partial charge is 0.257 e. The van der Waals surface area contributed by atoms with Crippen molar-refractivity contribution in [2.75, 3.05) is 13.2 Å². The topological polar surface area (TPSA) is 98.5 Å². The number of rotatable bonds is 7. The third-order valence-corrected chi connectivity index (χ3v) is 4.18. The summed E-state index contributed by atoms with van der Waals surface area (Å²) in [7, 11) is -3.97. The standard InChI is InChI=1S/C12H16Cl2N2O4S/c1-2-3-4-16-12(17)7-20-10-5-9(14)11(6-8(10)13)21(15,18)19/h5-6H,2-4,7H2,1H3,(H,16,17)(H2,15,18,19). The van der Waals surface area contributed by atoms with Gasteiger partial charge in [-0.3, -0.25) is 4.79 Å². The summed E-state index contributed by atoms with van der Waals surface area (Å²) in [5.41, 5.74) is 0. The highest BCUT2D eigenvalue weighted by Gasteiger charge is 2.17. The van der Waals surface area contributed by atoms with Crippen molar-refractivity contribution in [2.24, 2.45) is 5.14 Å². The van der Waals surface area contributed by atoms with Crippen LogP contribution in [0, 0.1) is 0 Å². The maximum absolute atomic E-state index is 11.5. The third-order valence-electron chi connectivity index (χ3n) is 2.50. The van der Waals surface area contributed by atoms with Gasteiger partial charge in [0.05, 0.1) is 10.0 Å². The number of amides is 1. The summed E-state index contributed by atoms with van der Waals surface area (Å²) in [6, 6.07) is 2.30. The molecule has 0 spiro atoms. The van der Waals surface area contributed by atoms with Gasteiger partial charge < -0.3 is 10.1 Å². The Hall–Kier alpha value is -1.02. The number of benzene rings is 1. The number of primary sulfonamides is 1. The van der Waals surface area contributed by atoms with E-state index in [0.29, 0.717) is 6.54 Å². The monoisotopic (exact) mass is 354 g/mol. The van der Waals surface area contributed by atoms with Crippen molar-refractivity contribution in [3.63, 3.8) is 0 Å². The molecule has 1 aromatic carbocycles. The van der Waals surface area contributed by atoms with Crippen LogP contribution in [-0.2, 0) is 14.8 Å². The Kier molecular flexibility index (Phi) is 6.73. The Bertz CT molecular complexity index is 620. The second-order valence-corrected chi connectivity index (χ2v) is 6.59. The van der Waals surface area contributed by atoms with Gasteiger partial charge in [0.2, 0.25) is 10.0 Å². The van der Waals surface area contributed by atoms with Crippen molar-refractivity contribution in [2.45, 2.75) is 24.7 Å². The minimum absolute atomic E-state index is 0.00443.